The van der Waals surface area contributed by atoms with Crippen LogP contribution < -0.4 is 0 Å². The number of nitrogens with zero attached hydrogens (tertiary/aromatic N) is 2. The Labute approximate surface area is 137 Å². The lowest BCUT2D eigenvalue weighted by Crippen LogP contribution is -2.49. The van der Waals surface area contributed by atoms with Crippen LogP contribution >= 0.6 is 15.9 Å². The Morgan fingerprint density at radius 3 is 2.10 bits per heavy atom. The summed E-state index contributed by atoms with van der Waals surface area (Å²) in [5.41, 5.74) is 1.43. The van der Waals surface area contributed by atoms with Gasteiger partial charge in [0.05, 0.1) is 0 Å². The van der Waals surface area contributed by atoms with E-state index in [1.807, 2.05) is 0 Å². The van der Waals surface area contributed by atoms with E-state index in [4.69, 9.17) is 0 Å². The molecule has 2 nitrogen and oxygen atoms in total. The largest absolute Gasteiger partial charge is 0.298 e. The number of hydrogen-bond acceptors (Lipinski definition) is 2. The number of piperazine rings is 1. The molecule has 0 N–H and O–H groups in total. The topological polar surface area (TPSA) is 6.48 Å². The zero-order valence-corrected chi connectivity index (χ0v) is 14.5. The summed E-state index contributed by atoms with van der Waals surface area (Å²) in [4.78, 5) is 5.37. The summed E-state index contributed by atoms with van der Waals surface area (Å²) in [5.74, 6) is 0. The van der Waals surface area contributed by atoms with Gasteiger partial charge in [0, 0.05) is 43.2 Å². The van der Waals surface area contributed by atoms with Crippen molar-refractivity contribution in [1.82, 2.24) is 9.80 Å². The SMILES string of the molecule is Brc1ccc(CN2CCN(C3CCCCCC3)CC2)cc1. The lowest BCUT2D eigenvalue weighted by molar-refractivity contribution is 0.0851. The van der Waals surface area contributed by atoms with Crippen LogP contribution in [0.1, 0.15) is 44.1 Å². The molecule has 0 aromatic heterocycles. The summed E-state index contributed by atoms with van der Waals surface area (Å²) in [7, 11) is 0. The van der Waals surface area contributed by atoms with Gasteiger partial charge in [0.1, 0.15) is 0 Å². The molecule has 2 fully saturated rings. The fraction of sp³-hybridized carbons (Fsp3) is 0.667. The van der Waals surface area contributed by atoms with Crippen molar-refractivity contribution in [2.45, 2.75) is 51.1 Å². The van der Waals surface area contributed by atoms with Crippen molar-refractivity contribution in [3.63, 3.8) is 0 Å². The van der Waals surface area contributed by atoms with Crippen LogP contribution in [0.15, 0.2) is 28.7 Å². The fourth-order valence-corrected chi connectivity index (χ4v) is 4.02. The fourth-order valence-electron chi connectivity index (χ4n) is 3.76. The number of hydrogen-bond donors (Lipinski definition) is 0. The van der Waals surface area contributed by atoms with Gasteiger partial charge in [-0.1, -0.05) is 53.7 Å². The van der Waals surface area contributed by atoms with E-state index in [-0.39, 0.29) is 0 Å². The monoisotopic (exact) mass is 350 g/mol. The molecular formula is C18H27BrN2. The maximum atomic E-state index is 3.51. The maximum absolute atomic E-state index is 3.51. The van der Waals surface area contributed by atoms with Crippen LogP contribution in [0.3, 0.4) is 0 Å². The van der Waals surface area contributed by atoms with Gasteiger partial charge in [-0.2, -0.15) is 0 Å². The van der Waals surface area contributed by atoms with Crippen molar-refractivity contribution in [3.05, 3.63) is 34.3 Å². The van der Waals surface area contributed by atoms with Crippen molar-refractivity contribution in [3.8, 4) is 0 Å². The number of rotatable bonds is 3. The summed E-state index contributed by atoms with van der Waals surface area (Å²) in [6.07, 6.45) is 8.69. The molecule has 21 heavy (non-hydrogen) atoms. The zero-order chi connectivity index (χ0) is 14.5. The molecule has 1 aromatic rings. The molecule has 0 radical (unpaired) electrons. The van der Waals surface area contributed by atoms with Gasteiger partial charge >= 0.3 is 0 Å². The van der Waals surface area contributed by atoms with Crippen LogP contribution in [0.5, 0.6) is 0 Å². The second-order valence-corrected chi connectivity index (χ2v) is 7.50. The Bertz CT molecular complexity index is 415. The maximum Gasteiger partial charge on any atom is 0.0234 e. The molecule has 0 bridgehead atoms. The van der Waals surface area contributed by atoms with Gasteiger partial charge < -0.3 is 0 Å². The highest BCUT2D eigenvalue weighted by atomic mass is 79.9. The van der Waals surface area contributed by atoms with Gasteiger partial charge in [-0.25, -0.2) is 0 Å². The predicted octanol–water partition coefficient (Wildman–Crippen LogP) is 4.29. The van der Waals surface area contributed by atoms with E-state index in [0.717, 1.165) is 12.6 Å². The summed E-state index contributed by atoms with van der Waals surface area (Å²) < 4.78 is 1.17. The van der Waals surface area contributed by atoms with Gasteiger partial charge in [0.2, 0.25) is 0 Å². The molecule has 116 valence electrons. The Morgan fingerprint density at radius 2 is 1.48 bits per heavy atom. The minimum Gasteiger partial charge on any atom is -0.298 e. The molecule has 3 heteroatoms. The van der Waals surface area contributed by atoms with Crippen LogP contribution in [0.2, 0.25) is 0 Å². The highest BCUT2D eigenvalue weighted by molar-refractivity contribution is 9.10. The van der Waals surface area contributed by atoms with Gasteiger partial charge in [-0.15, -0.1) is 0 Å². The van der Waals surface area contributed by atoms with E-state index in [1.165, 1.54) is 74.7 Å². The Morgan fingerprint density at radius 1 is 0.857 bits per heavy atom. The molecule has 1 aliphatic heterocycles. The molecule has 1 aromatic carbocycles. The Hall–Kier alpha value is -0.380. The molecule has 1 saturated carbocycles. The highest BCUT2D eigenvalue weighted by Gasteiger charge is 2.24. The predicted molar refractivity (Wildman–Crippen MR) is 92.5 cm³/mol. The summed E-state index contributed by atoms with van der Waals surface area (Å²) in [5, 5.41) is 0. The first-order valence-corrected chi connectivity index (χ1v) is 9.31. The van der Waals surface area contributed by atoms with E-state index in [2.05, 4.69) is 50.0 Å². The average Bonchev–Trinajstić information content (AvgIpc) is 2.80. The number of benzene rings is 1. The molecule has 0 spiro atoms. The van der Waals surface area contributed by atoms with Crippen LogP contribution in [-0.4, -0.2) is 42.0 Å². The third-order valence-corrected chi connectivity index (χ3v) is 5.60. The van der Waals surface area contributed by atoms with E-state index >= 15 is 0 Å². The summed E-state index contributed by atoms with van der Waals surface area (Å²) >= 11 is 3.51. The third-order valence-electron chi connectivity index (χ3n) is 5.07. The van der Waals surface area contributed by atoms with E-state index in [9.17, 15) is 0 Å². The molecule has 1 heterocycles. The Kier molecular flexibility index (Phi) is 5.73. The van der Waals surface area contributed by atoms with E-state index < -0.39 is 0 Å². The van der Waals surface area contributed by atoms with Crippen LogP contribution in [0, 0.1) is 0 Å². The molecule has 0 unspecified atom stereocenters. The molecular weight excluding hydrogens is 324 g/mol. The van der Waals surface area contributed by atoms with Crippen molar-refractivity contribution in [2.75, 3.05) is 26.2 Å². The number of halogens is 1. The molecule has 1 aliphatic carbocycles. The lowest BCUT2D eigenvalue weighted by atomic mass is 10.1. The highest BCUT2D eigenvalue weighted by Crippen LogP contribution is 2.23. The smallest absolute Gasteiger partial charge is 0.0234 e. The average molecular weight is 351 g/mol. The molecule has 2 aliphatic rings. The van der Waals surface area contributed by atoms with E-state index in [0.29, 0.717) is 0 Å². The second kappa shape index (κ2) is 7.75. The quantitative estimate of drug-likeness (QED) is 0.750. The van der Waals surface area contributed by atoms with Gasteiger partial charge in [0.15, 0.2) is 0 Å². The zero-order valence-electron chi connectivity index (χ0n) is 12.9. The first-order chi connectivity index (χ1) is 10.3. The summed E-state index contributed by atoms with van der Waals surface area (Å²) in [6, 6.07) is 9.65. The van der Waals surface area contributed by atoms with Crippen LogP contribution in [-0.2, 0) is 6.54 Å². The normalized spacial score (nSPS) is 23.1. The minimum absolute atomic E-state index is 0.877. The van der Waals surface area contributed by atoms with Gasteiger partial charge in [0.25, 0.3) is 0 Å². The van der Waals surface area contributed by atoms with E-state index in [1.54, 1.807) is 0 Å². The summed E-state index contributed by atoms with van der Waals surface area (Å²) in [6.45, 7) is 6.09. The second-order valence-electron chi connectivity index (χ2n) is 6.58. The lowest BCUT2D eigenvalue weighted by Gasteiger charge is -2.39. The Balaban J connectivity index is 1.47. The minimum atomic E-state index is 0.877. The molecule has 1 saturated heterocycles. The molecule has 3 rings (SSSR count). The van der Waals surface area contributed by atoms with Crippen LogP contribution in [0.4, 0.5) is 0 Å². The molecule has 0 amide bonds. The standard InChI is InChI=1S/C18H27BrN2/c19-17-9-7-16(8-10-17)15-20-11-13-21(14-12-20)18-5-3-1-2-4-6-18/h7-10,18H,1-6,11-15H2. The first kappa shape index (κ1) is 15.5. The van der Waals surface area contributed by atoms with Crippen molar-refractivity contribution in [1.29, 1.82) is 0 Å². The third kappa shape index (κ3) is 4.54. The van der Waals surface area contributed by atoms with Crippen LogP contribution in [0.25, 0.3) is 0 Å². The molecule has 0 atom stereocenters. The van der Waals surface area contributed by atoms with Gasteiger partial charge in [-0.05, 0) is 30.5 Å². The van der Waals surface area contributed by atoms with Gasteiger partial charge in [-0.3, -0.25) is 9.80 Å². The van der Waals surface area contributed by atoms with Crippen molar-refractivity contribution >= 4 is 15.9 Å². The first-order valence-electron chi connectivity index (χ1n) is 8.52. The van der Waals surface area contributed by atoms with Crippen molar-refractivity contribution in [2.24, 2.45) is 0 Å². The van der Waals surface area contributed by atoms with Crippen molar-refractivity contribution < 1.29 is 0 Å².